The molecule has 2 rings (SSSR count). The van der Waals surface area contributed by atoms with Crippen molar-refractivity contribution < 1.29 is 9.69 Å². The Bertz CT molecular complexity index is 660. The molecule has 0 aliphatic rings. The van der Waals surface area contributed by atoms with Crippen LogP contribution in [0.4, 0.5) is 5.69 Å². The van der Waals surface area contributed by atoms with E-state index in [2.05, 4.69) is 65.4 Å². The van der Waals surface area contributed by atoms with Gasteiger partial charge in [-0.05, 0) is 36.1 Å². The molecule has 2 aromatic carbocycles. The minimum Gasteiger partial charge on any atom is -0.326 e. The SMILES string of the molecule is CCc1cccc(CC)c1NC(=O)C[NH+](C)Cc1ccc(Br)cc1. The second-order valence-corrected chi connectivity index (χ2v) is 7.06. The van der Waals surface area contributed by atoms with E-state index < -0.39 is 0 Å². The molecule has 4 heteroatoms. The average Bonchev–Trinajstić information content (AvgIpc) is 2.57. The van der Waals surface area contributed by atoms with Gasteiger partial charge >= 0.3 is 0 Å². The largest absolute Gasteiger partial charge is 0.326 e. The lowest BCUT2D eigenvalue weighted by molar-refractivity contribution is -0.885. The molecule has 2 N–H and O–H groups in total. The highest BCUT2D eigenvalue weighted by Crippen LogP contribution is 2.22. The highest BCUT2D eigenvalue weighted by atomic mass is 79.9. The highest BCUT2D eigenvalue weighted by molar-refractivity contribution is 9.10. The first-order valence-corrected chi connectivity index (χ1v) is 9.29. The van der Waals surface area contributed by atoms with Crippen molar-refractivity contribution in [3.05, 3.63) is 63.6 Å². The van der Waals surface area contributed by atoms with E-state index in [1.807, 2.05) is 19.2 Å². The van der Waals surface area contributed by atoms with Gasteiger partial charge in [0.05, 0.1) is 7.05 Å². The Hall–Kier alpha value is -1.65. The normalized spacial score (nSPS) is 12.0. The highest BCUT2D eigenvalue weighted by Gasteiger charge is 2.14. The molecule has 2 aromatic rings. The number of halogens is 1. The van der Waals surface area contributed by atoms with Crippen LogP contribution in [0.25, 0.3) is 0 Å². The third-order valence-electron chi connectivity index (χ3n) is 4.14. The summed E-state index contributed by atoms with van der Waals surface area (Å²) in [5.74, 6) is 0.0696. The lowest BCUT2D eigenvalue weighted by Gasteiger charge is -2.17. The second kappa shape index (κ2) is 9.00. The monoisotopic (exact) mass is 389 g/mol. The van der Waals surface area contributed by atoms with Crippen LogP contribution in [0, 0.1) is 0 Å². The topological polar surface area (TPSA) is 33.5 Å². The van der Waals surface area contributed by atoms with Gasteiger partial charge in [0.2, 0.25) is 0 Å². The van der Waals surface area contributed by atoms with E-state index in [0.717, 1.165) is 29.5 Å². The van der Waals surface area contributed by atoms with E-state index in [-0.39, 0.29) is 5.91 Å². The quantitative estimate of drug-likeness (QED) is 0.748. The number of aryl methyl sites for hydroxylation is 2. The van der Waals surface area contributed by atoms with Crippen LogP contribution in [0.5, 0.6) is 0 Å². The fourth-order valence-corrected chi connectivity index (χ4v) is 3.14. The molecule has 0 spiro atoms. The Labute approximate surface area is 153 Å². The summed E-state index contributed by atoms with van der Waals surface area (Å²) in [5, 5.41) is 3.14. The summed E-state index contributed by atoms with van der Waals surface area (Å²) < 4.78 is 1.07. The van der Waals surface area contributed by atoms with Gasteiger partial charge in [0.25, 0.3) is 5.91 Å². The summed E-state index contributed by atoms with van der Waals surface area (Å²) in [7, 11) is 2.05. The molecule has 0 fully saturated rings. The van der Waals surface area contributed by atoms with Gasteiger partial charge in [-0.3, -0.25) is 4.79 Å². The van der Waals surface area contributed by atoms with Gasteiger partial charge in [-0.1, -0.05) is 60.1 Å². The van der Waals surface area contributed by atoms with Crippen LogP contribution in [0.1, 0.15) is 30.5 Å². The van der Waals surface area contributed by atoms with Crippen LogP contribution in [0.2, 0.25) is 0 Å². The smallest absolute Gasteiger partial charge is 0.279 e. The molecule has 1 atom stereocenters. The van der Waals surface area contributed by atoms with E-state index in [1.54, 1.807) is 0 Å². The van der Waals surface area contributed by atoms with Crippen LogP contribution in [-0.4, -0.2) is 19.5 Å². The lowest BCUT2D eigenvalue weighted by atomic mass is 10.0. The summed E-state index contributed by atoms with van der Waals surface area (Å²) in [4.78, 5) is 13.6. The van der Waals surface area contributed by atoms with E-state index >= 15 is 0 Å². The van der Waals surface area contributed by atoms with E-state index in [1.165, 1.54) is 21.6 Å². The van der Waals surface area contributed by atoms with Gasteiger partial charge in [0.1, 0.15) is 6.54 Å². The zero-order chi connectivity index (χ0) is 17.5. The number of rotatable bonds is 7. The van der Waals surface area contributed by atoms with Gasteiger partial charge < -0.3 is 10.2 Å². The molecule has 128 valence electrons. The summed E-state index contributed by atoms with van der Waals surface area (Å²) in [6, 6.07) is 14.5. The Kier molecular flexibility index (Phi) is 7.00. The summed E-state index contributed by atoms with van der Waals surface area (Å²) in [6.07, 6.45) is 1.84. The van der Waals surface area contributed by atoms with Gasteiger partial charge in [0.15, 0.2) is 6.54 Å². The van der Waals surface area contributed by atoms with Crippen molar-refractivity contribution in [1.29, 1.82) is 0 Å². The summed E-state index contributed by atoms with van der Waals surface area (Å²) >= 11 is 3.45. The number of benzene rings is 2. The van der Waals surface area contributed by atoms with Crippen LogP contribution in [-0.2, 0) is 24.2 Å². The Morgan fingerprint density at radius 1 is 1.04 bits per heavy atom. The van der Waals surface area contributed by atoms with Gasteiger partial charge in [-0.15, -0.1) is 0 Å². The van der Waals surface area contributed by atoms with Crippen LogP contribution < -0.4 is 10.2 Å². The molecule has 0 bridgehead atoms. The second-order valence-electron chi connectivity index (χ2n) is 6.14. The van der Waals surface area contributed by atoms with Crippen molar-refractivity contribution in [2.24, 2.45) is 0 Å². The molecule has 0 aliphatic carbocycles. The molecular weight excluding hydrogens is 364 g/mol. The number of carbonyl (C=O) groups is 1. The predicted molar refractivity (Wildman–Crippen MR) is 103 cm³/mol. The van der Waals surface area contributed by atoms with Crippen LogP contribution in [0.3, 0.4) is 0 Å². The summed E-state index contributed by atoms with van der Waals surface area (Å²) in [5.41, 5.74) is 4.64. The lowest BCUT2D eigenvalue weighted by Crippen LogP contribution is -3.08. The Balaban J connectivity index is 1.99. The van der Waals surface area contributed by atoms with Crippen molar-refractivity contribution in [1.82, 2.24) is 0 Å². The fourth-order valence-electron chi connectivity index (χ4n) is 2.87. The number of hydrogen-bond acceptors (Lipinski definition) is 1. The number of quaternary nitrogens is 1. The van der Waals surface area contributed by atoms with E-state index in [4.69, 9.17) is 0 Å². The fraction of sp³-hybridized carbons (Fsp3) is 0.350. The molecule has 24 heavy (non-hydrogen) atoms. The molecule has 1 unspecified atom stereocenters. The molecule has 1 amide bonds. The first-order chi connectivity index (χ1) is 11.5. The number of anilines is 1. The number of carbonyl (C=O) groups excluding carboxylic acids is 1. The van der Waals surface area contributed by atoms with Crippen molar-refractivity contribution in [3.63, 3.8) is 0 Å². The molecule has 0 heterocycles. The maximum absolute atomic E-state index is 12.5. The van der Waals surface area contributed by atoms with Gasteiger partial charge in [-0.25, -0.2) is 0 Å². The minimum atomic E-state index is 0.0696. The van der Waals surface area contributed by atoms with Crippen molar-refractivity contribution in [2.75, 3.05) is 18.9 Å². The van der Waals surface area contributed by atoms with E-state index in [0.29, 0.717) is 6.54 Å². The number of amides is 1. The number of hydrogen-bond donors (Lipinski definition) is 2. The third-order valence-corrected chi connectivity index (χ3v) is 4.67. The van der Waals surface area contributed by atoms with Crippen LogP contribution >= 0.6 is 15.9 Å². The molecule has 0 saturated carbocycles. The molecule has 0 aliphatic heterocycles. The van der Waals surface area contributed by atoms with Crippen LogP contribution in [0.15, 0.2) is 46.9 Å². The Morgan fingerprint density at radius 3 is 2.17 bits per heavy atom. The third kappa shape index (κ3) is 5.18. The zero-order valence-electron chi connectivity index (χ0n) is 14.7. The van der Waals surface area contributed by atoms with Gasteiger partial charge in [-0.2, -0.15) is 0 Å². The van der Waals surface area contributed by atoms with Crippen molar-refractivity contribution in [2.45, 2.75) is 33.2 Å². The molecular formula is C20H26BrN2O+. The zero-order valence-corrected chi connectivity index (χ0v) is 16.2. The van der Waals surface area contributed by atoms with E-state index in [9.17, 15) is 4.79 Å². The maximum Gasteiger partial charge on any atom is 0.279 e. The average molecular weight is 390 g/mol. The maximum atomic E-state index is 12.5. The number of nitrogens with one attached hydrogen (secondary N) is 2. The number of likely N-dealkylation sites (N-methyl/N-ethyl adjacent to an activating group) is 1. The first kappa shape index (κ1) is 18.7. The first-order valence-electron chi connectivity index (χ1n) is 8.49. The molecule has 0 radical (unpaired) electrons. The minimum absolute atomic E-state index is 0.0696. The number of para-hydroxylation sites is 1. The van der Waals surface area contributed by atoms with Crippen molar-refractivity contribution in [3.8, 4) is 0 Å². The standard InChI is InChI=1S/C20H25BrN2O/c1-4-16-7-6-8-17(5-2)20(16)22-19(24)14-23(3)13-15-9-11-18(21)12-10-15/h6-12H,4-5,13-14H2,1-3H3,(H,22,24)/p+1. The summed E-state index contributed by atoms with van der Waals surface area (Å²) in [6.45, 7) is 5.53. The molecule has 3 nitrogen and oxygen atoms in total. The van der Waals surface area contributed by atoms with Gasteiger partial charge in [0, 0.05) is 15.7 Å². The molecule has 0 aromatic heterocycles. The predicted octanol–water partition coefficient (Wildman–Crippen LogP) is 3.23. The van der Waals surface area contributed by atoms with Crippen molar-refractivity contribution >= 4 is 27.5 Å². The Morgan fingerprint density at radius 2 is 1.62 bits per heavy atom. The molecule has 0 saturated heterocycles.